The van der Waals surface area contributed by atoms with E-state index in [4.69, 9.17) is 28.9 Å². The second-order valence-corrected chi connectivity index (χ2v) is 13.4. The van der Waals surface area contributed by atoms with Crippen LogP contribution in [0.15, 0.2) is 121 Å². The van der Waals surface area contributed by atoms with Crippen LogP contribution in [0.1, 0.15) is 22.8 Å². The lowest BCUT2D eigenvalue weighted by Crippen LogP contribution is -1.92. The lowest BCUT2D eigenvalue weighted by atomic mass is 10.0. The summed E-state index contributed by atoms with van der Waals surface area (Å²) in [5, 5.41) is 0. The molecule has 9 rings (SSSR count). The van der Waals surface area contributed by atoms with Gasteiger partial charge < -0.3 is 28.9 Å². The van der Waals surface area contributed by atoms with Crippen LogP contribution in [-0.4, -0.2) is 48.4 Å². The lowest BCUT2D eigenvalue weighted by Gasteiger charge is -2.08. The van der Waals surface area contributed by atoms with E-state index in [9.17, 15) is 0 Å². The molecule has 0 aliphatic carbocycles. The second-order valence-electron chi connectivity index (χ2n) is 13.4. The predicted molar refractivity (Wildman–Crippen MR) is 227 cm³/mol. The number of aromatic nitrogens is 4. The Balaban J connectivity index is 1.44. The molecule has 0 saturated carbocycles. The molecule has 5 heterocycles. The number of methoxy groups -OCH3 is 4. The number of benzene rings is 4. The van der Waals surface area contributed by atoms with Crippen molar-refractivity contribution in [2.24, 2.45) is 0 Å². The van der Waals surface area contributed by atoms with Gasteiger partial charge in [0.2, 0.25) is 0 Å². The highest BCUT2D eigenvalue weighted by molar-refractivity contribution is 6.00. The summed E-state index contributed by atoms with van der Waals surface area (Å²) < 4.78 is 22.1. The van der Waals surface area contributed by atoms with Crippen molar-refractivity contribution in [3.63, 3.8) is 0 Å². The van der Waals surface area contributed by atoms with Gasteiger partial charge >= 0.3 is 0 Å². The molecule has 2 aliphatic rings. The average molecular weight is 735 g/mol. The van der Waals surface area contributed by atoms with Crippen molar-refractivity contribution in [2.45, 2.75) is 0 Å². The highest BCUT2D eigenvalue weighted by Crippen LogP contribution is 2.39. The van der Waals surface area contributed by atoms with E-state index in [-0.39, 0.29) is 0 Å². The maximum absolute atomic E-state index is 5.53. The molecule has 0 radical (unpaired) electrons. The maximum Gasteiger partial charge on any atom is 0.118 e. The Morgan fingerprint density at radius 2 is 0.554 bits per heavy atom. The molecular formula is C48H38N4O4. The Labute approximate surface area is 324 Å². The summed E-state index contributed by atoms with van der Waals surface area (Å²) in [5.74, 6) is 3.12. The number of ether oxygens (including phenoxy) is 4. The molecule has 2 N–H and O–H groups in total. The monoisotopic (exact) mass is 734 g/mol. The van der Waals surface area contributed by atoms with E-state index in [1.807, 2.05) is 48.5 Å². The molecule has 8 bridgehead atoms. The third-order valence-corrected chi connectivity index (χ3v) is 10.3. The average Bonchev–Trinajstić information content (AvgIpc) is 4.10. The minimum Gasteiger partial charge on any atom is -0.497 e. The zero-order valence-electron chi connectivity index (χ0n) is 31.4. The first-order chi connectivity index (χ1) is 27.5. The SMILES string of the molecule is COc1ccc(-c2c3nc(c(-c4ccc(OC)cc4)c4ccc([nH]4)c(-c4ccc(OC)cc4)c4ccc([nH]4)c(-c4ccc(OC)cc4)c4nc2C=C4)C=C3)cc1. The van der Waals surface area contributed by atoms with Gasteiger partial charge in [-0.2, -0.15) is 0 Å². The highest BCUT2D eigenvalue weighted by atomic mass is 16.5. The Kier molecular flexibility index (Phi) is 8.91. The fraction of sp³-hybridized carbons (Fsp3) is 0.0833. The van der Waals surface area contributed by atoms with Gasteiger partial charge in [-0.15, -0.1) is 0 Å². The summed E-state index contributed by atoms with van der Waals surface area (Å²) in [6.07, 6.45) is 8.32. The van der Waals surface area contributed by atoms with Crippen molar-refractivity contribution >= 4 is 46.4 Å². The Morgan fingerprint density at radius 1 is 0.304 bits per heavy atom. The molecule has 8 heteroatoms. The van der Waals surface area contributed by atoms with Gasteiger partial charge in [0, 0.05) is 44.3 Å². The Morgan fingerprint density at radius 3 is 0.857 bits per heavy atom. The summed E-state index contributed by atoms with van der Waals surface area (Å²) in [7, 11) is 6.71. The number of hydrogen-bond acceptors (Lipinski definition) is 6. The number of hydrogen-bond donors (Lipinski definition) is 2. The van der Waals surface area contributed by atoms with Gasteiger partial charge in [0.15, 0.2) is 0 Å². The van der Waals surface area contributed by atoms with Gasteiger partial charge in [0.1, 0.15) is 23.0 Å². The largest absolute Gasteiger partial charge is 0.497 e. The Bertz CT molecular complexity index is 2670. The molecule has 56 heavy (non-hydrogen) atoms. The van der Waals surface area contributed by atoms with Crippen LogP contribution in [0.4, 0.5) is 0 Å². The second kappa shape index (κ2) is 14.5. The van der Waals surface area contributed by atoms with Crippen molar-refractivity contribution in [1.29, 1.82) is 0 Å². The molecule has 2 aliphatic heterocycles. The third kappa shape index (κ3) is 6.27. The Hall–Kier alpha value is -7.32. The molecule has 274 valence electrons. The standard InChI is InChI=1S/C48H38N4O4/c1-53-33-13-5-29(6-14-33)45-37-21-23-39(49-37)46(30-7-15-34(54-2)16-8-30)41-25-27-43(51-41)48(32-11-19-36(56-4)20-12-32)44-28-26-42(52-44)47(40-24-22-38(45)50-40)31-9-17-35(55-3)18-10-31/h5-28,49-50H,1-4H3. The van der Waals surface area contributed by atoms with Crippen molar-refractivity contribution in [1.82, 2.24) is 19.9 Å². The van der Waals surface area contributed by atoms with Gasteiger partial charge in [0.25, 0.3) is 0 Å². The third-order valence-electron chi connectivity index (χ3n) is 10.3. The van der Waals surface area contributed by atoms with E-state index in [1.54, 1.807) is 28.4 Å². The van der Waals surface area contributed by atoms with Crippen molar-refractivity contribution in [3.05, 3.63) is 144 Å². The number of aromatic amines is 2. The molecule has 0 saturated heterocycles. The van der Waals surface area contributed by atoms with Crippen LogP contribution < -0.4 is 18.9 Å². The van der Waals surface area contributed by atoms with Crippen LogP contribution in [-0.2, 0) is 0 Å². The van der Waals surface area contributed by atoms with Crippen LogP contribution in [0.3, 0.4) is 0 Å². The zero-order chi connectivity index (χ0) is 38.2. The molecule has 0 fully saturated rings. The lowest BCUT2D eigenvalue weighted by molar-refractivity contribution is 0.415. The first kappa shape index (κ1) is 34.4. The fourth-order valence-electron chi connectivity index (χ4n) is 7.45. The summed E-state index contributed by atoms with van der Waals surface area (Å²) in [4.78, 5) is 18.4. The minimum absolute atomic E-state index is 0.774. The summed E-state index contributed by atoms with van der Waals surface area (Å²) >= 11 is 0. The quantitative estimate of drug-likeness (QED) is 0.161. The number of fused-ring (bicyclic) bond motifs is 8. The summed E-state index contributed by atoms with van der Waals surface area (Å²) in [6.45, 7) is 0. The smallest absolute Gasteiger partial charge is 0.118 e. The molecule has 3 aromatic heterocycles. The normalized spacial score (nSPS) is 11.8. The van der Waals surface area contributed by atoms with Gasteiger partial charge in [-0.25, -0.2) is 9.97 Å². The van der Waals surface area contributed by atoms with E-state index >= 15 is 0 Å². The van der Waals surface area contributed by atoms with Crippen molar-refractivity contribution in [2.75, 3.05) is 28.4 Å². The number of rotatable bonds is 8. The first-order valence-electron chi connectivity index (χ1n) is 18.3. The van der Waals surface area contributed by atoms with E-state index in [1.165, 1.54) is 0 Å². The molecular weight excluding hydrogens is 697 g/mol. The molecule has 0 atom stereocenters. The van der Waals surface area contributed by atoms with Crippen LogP contribution in [0.25, 0.3) is 90.9 Å². The van der Waals surface area contributed by atoms with Crippen LogP contribution in [0, 0.1) is 0 Å². The molecule has 8 nitrogen and oxygen atoms in total. The topological polar surface area (TPSA) is 94.3 Å². The minimum atomic E-state index is 0.774. The van der Waals surface area contributed by atoms with Gasteiger partial charge in [-0.3, -0.25) is 0 Å². The summed E-state index contributed by atoms with van der Waals surface area (Å²) in [6, 6.07) is 40.9. The number of nitrogens with zero attached hydrogens (tertiary/aromatic N) is 2. The zero-order valence-corrected chi connectivity index (χ0v) is 31.4. The van der Waals surface area contributed by atoms with Crippen molar-refractivity contribution < 1.29 is 18.9 Å². The van der Waals surface area contributed by atoms with Crippen LogP contribution >= 0.6 is 0 Å². The van der Waals surface area contributed by atoms with Crippen LogP contribution in [0.2, 0.25) is 0 Å². The molecule has 0 spiro atoms. The summed E-state index contributed by atoms with van der Waals surface area (Å²) in [5.41, 5.74) is 14.8. The molecule has 4 aromatic carbocycles. The fourth-order valence-corrected chi connectivity index (χ4v) is 7.45. The highest BCUT2D eigenvalue weighted by Gasteiger charge is 2.20. The molecule has 7 aromatic rings. The van der Waals surface area contributed by atoms with Crippen molar-refractivity contribution in [3.8, 4) is 67.5 Å². The maximum atomic E-state index is 5.53. The first-order valence-corrected chi connectivity index (χ1v) is 18.3. The van der Waals surface area contributed by atoms with Gasteiger partial charge in [0.05, 0.1) is 51.2 Å². The van der Waals surface area contributed by atoms with E-state index in [2.05, 4.69) is 107 Å². The van der Waals surface area contributed by atoms with Crippen LogP contribution in [0.5, 0.6) is 23.0 Å². The molecule has 0 amide bonds. The van der Waals surface area contributed by atoms with E-state index < -0.39 is 0 Å². The van der Waals surface area contributed by atoms with Gasteiger partial charge in [-0.1, -0.05) is 48.5 Å². The van der Waals surface area contributed by atoms with E-state index in [0.717, 1.165) is 112 Å². The number of nitrogens with one attached hydrogen (secondary N) is 2. The number of H-pyrrole nitrogens is 2. The van der Waals surface area contributed by atoms with E-state index in [0.29, 0.717) is 0 Å². The van der Waals surface area contributed by atoms with Gasteiger partial charge in [-0.05, 0) is 119 Å². The molecule has 0 unspecified atom stereocenters. The predicted octanol–water partition coefficient (Wildman–Crippen LogP) is 11.4.